The van der Waals surface area contributed by atoms with Crippen LogP contribution in [0.15, 0.2) is 42.6 Å². The molecule has 0 unspecified atom stereocenters. The van der Waals surface area contributed by atoms with Crippen molar-refractivity contribution in [3.63, 3.8) is 0 Å². The number of piperazine rings is 1. The quantitative estimate of drug-likeness (QED) is 0.455. The molecule has 0 bridgehead atoms. The molecule has 3 aromatic rings. The van der Waals surface area contributed by atoms with E-state index in [9.17, 15) is 14.7 Å². The molecule has 41 heavy (non-hydrogen) atoms. The molecule has 0 amide bonds. The molecule has 3 aliphatic heterocycles. The average molecular weight is 561 g/mol. The summed E-state index contributed by atoms with van der Waals surface area (Å²) in [4.78, 5) is 9.06. The molecule has 1 N–H and O–H groups in total. The summed E-state index contributed by atoms with van der Waals surface area (Å²) < 4.78 is 28.4. The van der Waals surface area contributed by atoms with Gasteiger partial charge in [-0.1, -0.05) is 12.1 Å². The molecule has 1 aromatic carbocycles. The lowest BCUT2D eigenvalue weighted by atomic mass is 9.83. The van der Waals surface area contributed by atoms with Crippen molar-refractivity contribution in [1.29, 1.82) is 5.26 Å². The first kappa shape index (κ1) is 27.9. The largest absolute Gasteiger partial charge is 0.437 e. The number of fused-ring (bicyclic) bond motifs is 1. The zero-order chi connectivity index (χ0) is 28.5. The van der Waals surface area contributed by atoms with Crippen molar-refractivity contribution in [2.45, 2.75) is 32.1 Å². The van der Waals surface area contributed by atoms with Gasteiger partial charge in [0.1, 0.15) is 17.3 Å². The molecule has 3 saturated heterocycles. The number of nitriles is 1. The van der Waals surface area contributed by atoms with Crippen LogP contribution < -0.4 is 9.80 Å². The maximum Gasteiger partial charge on any atom is 0.376 e. The lowest BCUT2D eigenvalue weighted by Crippen LogP contribution is -2.54. The van der Waals surface area contributed by atoms with Crippen LogP contribution in [0, 0.1) is 17.1 Å². The van der Waals surface area contributed by atoms with Gasteiger partial charge in [-0.15, -0.1) is 0 Å². The summed E-state index contributed by atoms with van der Waals surface area (Å²) in [5, 5.41) is 23.4. The molecular weight excluding hydrogens is 524 g/mol. The summed E-state index contributed by atoms with van der Waals surface area (Å²) in [7, 11) is -0.464. The van der Waals surface area contributed by atoms with E-state index in [0.717, 1.165) is 50.5 Å². The fourth-order valence-electron chi connectivity index (χ4n) is 6.32. The van der Waals surface area contributed by atoms with Gasteiger partial charge in [-0.2, -0.15) is 10.4 Å². The minimum absolute atomic E-state index is 0.00366. The number of aromatic nitrogens is 2. The number of rotatable bonds is 6. The number of hydrogen-bond donors (Lipinski definition) is 1. The van der Waals surface area contributed by atoms with Gasteiger partial charge >= 0.3 is 7.05 Å². The smallest absolute Gasteiger partial charge is 0.376 e. The molecule has 0 aliphatic carbocycles. The third-order valence-electron chi connectivity index (χ3n) is 8.47. The predicted octanol–water partition coefficient (Wildman–Crippen LogP) is 2.24. The Bertz CT molecular complexity index is 1390. The van der Waals surface area contributed by atoms with Crippen LogP contribution in [0.5, 0.6) is 0 Å². The van der Waals surface area contributed by atoms with Gasteiger partial charge in [0.15, 0.2) is 5.82 Å². The molecule has 3 aliphatic rings. The van der Waals surface area contributed by atoms with Crippen LogP contribution in [0.25, 0.3) is 5.52 Å². The van der Waals surface area contributed by atoms with Gasteiger partial charge in [-0.3, -0.25) is 4.90 Å². The van der Waals surface area contributed by atoms with Crippen LogP contribution in [0.2, 0.25) is 6.82 Å². The summed E-state index contributed by atoms with van der Waals surface area (Å²) in [5.41, 5.74) is 3.74. The Morgan fingerprint density at radius 3 is 2.56 bits per heavy atom. The Hall–Kier alpha value is -3.21. The monoisotopic (exact) mass is 561 g/mol. The van der Waals surface area contributed by atoms with Gasteiger partial charge in [0.25, 0.3) is 0 Å². The van der Waals surface area contributed by atoms with Gasteiger partial charge in [0.2, 0.25) is 0 Å². The fourth-order valence-corrected chi connectivity index (χ4v) is 6.32. The standard InChI is InChI=1S/C29H37BFN7O3/c1-21-17-36(27-8-7-24(15-32)38-29(27)26(31)16-33-38)19-25(41-21)18-34-9-11-35(12-10-34)23-5-3-22(4-6-23)28-20-37(30(2)39)13-14-40-28/h3-8,16,21,25,28,39H,9-14,17-20H2,1-2H3/t21-,25+,28+/m1/s1. The van der Waals surface area contributed by atoms with E-state index in [1.165, 1.54) is 16.4 Å². The van der Waals surface area contributed by atoms with Crippen molar-refractivity contribution in [3.05, 3.63) is 59.7 Å². The van der Waals surface area contributed by atoms with Gasteiger partial charge in [-0.05, 0) is 43.6 Å². The van der Waals surface area contributed by atoms with Crippen molar-refractivity contribution >= 4 is 23.9 Å². The van der Waals surface area contributed by atoms with Crippen LogP contribution in [0.4, 0.5) is 15.8 Å². The number of morpholine rings is 2. The zero-order valence-electron chi connectivity index (χ0n) is 23.7. The van der Waals surface area contributed by atoms with Crippen LogP contribution in [-0.2, 0) is 9.47 Å². The highest BCUT2D eigenvalue weighted by Crippen LogP contribution is 2.29. The second kappa shape index (κ2) is 12.0. The highest BCUT2D eigenvalue weighted by atomic mass is 19.1. The highest BCUT2D eigenvalue weighted by Gasteiger charge is 2.31. The summed E-state index contributed by atoms with van der Waals surface area (Å²) >= 11 is 0. The Balaban J connectivity index is 1.05. The van der Waals surface area contributed by atoms with E-state index in [2.05, 4.69) is 57.1 Å². The first-order chi connectivity index (χ1) is 19.9. The third kappa shape index (κ3) is 5.91. The summed E-state index contributed by atoms with van der Waals surface area (Å²) in [6.45, 7) is 11.8. The number of hydrogen-bond acceptors (Lipinski definition) is 9. The van der Waals surface area contributed by atoms with Gasteiger partial charge in [-0.25, -0.2) is 8.91 Å². The summed E-state index contributed by atoms with van der Waals surface area (Å²) in [6.07, 6.45) is 1.13. The van der Waals surface area contributed by atoms with Gasteiger partial charge in [0.05, 0.1) is 36.8 Å². The predicted molar refractivity (Wildman–Crippen MR) is 156 cm³/mol. The summed E-state index contributed by atoms with van der Waals surface area (Å²) in [5.74, 6) is -0.426. The molecule has 12 heteroatoms. The van der Waals surface area contributed by atoms with E-state index in [-0.39, 0.29) is 18.3 Å². The maximum atomic E-state index is 14.7. The first-order valence-corrected chi connectivity index (χ1v) is 14.5. The first-order valence-electron chi connectivity index (χ1n) is 14.5. The normalized spacial score (nSPS) is 24.5. The van der Waals surface area contributed by atoms with Crippen LogP contribution in [0.3, 0.4) is 0 Å². The van der Waals surface area contributed by atoms with Crippen LogP contribution in [-0.4, -0.2) is 109 Å². The van der Waals surface area contributed by atoms with Gasteiger partial charge < -0.3 is 29.1 Å². The van der Waals surface area contributed by atoms with E-state index in [0.29, 0.717) is 37.5 Å². The Labute approximate surface area is 240 Å². The SMILES string of the molecule is CB(O)N1CCO[C@H](c2ccc(N3CCN(C[C@H]4CN(c5ccc(C#N)n6ncc(F)c56)C[C@@H](C)O4)CC3)cc2)C1. The Kier molecular flexibility index (Phi) is 8.15. The highest BCUT2D eigenvalue weighted by molar-refractivity contribution is 6.45. The number of halogens is 1. The number of ether oxygens (including phenoxy) is 2. The van der Waals surface area contributed by atoms with Crippen molar-refractivity contribution in [1.82, 2.24) is 19.3 Å². The number of anilines is 2. The van der Waals surface area contributed by atoms with Crippen molar-refractivity contribution in [2.24, 2.45) is 0 Å². The van der Waals surface area contributed by atoms with Crippen molar-refractivity contribution in [2.75, 3.05) is 75.3 Å². The molecule has 3 fully saturated rings. The van der Waals surface area contributed by atoms with Crippen LogP contribution >= 0.6 is 0 Å². The molecule has 6 rings (SSSR count). The topological polar surface area (TPSA) is 92.7 Å². The molecule has 3 atom stereocenters. The average Bonchev–Trinajstić information content (AvgIpc) is 3.38. The van der Waals surface area contributed by atoms with E-state index in [1.807, 2.05) is 10.9 Å². The number of nitrogens with zero attached hydrogens (tertiary/aromatic N) is 7. The molecule has 216 valence electrons. The molecule has 0 saturated carbocycles. The lowest BCUT2D eigenvalue weighted by Gasteiger charge is -2.42. The molecular formula is C29H37BFN7O3. The van der Waals surface area contributed by atoms with E-state index in [1.54, 1.807) is 12.9 Å². The molecule has 10 nitrogen and oxygen atoms in total. The molecule has 0 radical (unpaired) electrons. The minimum Gasteiger partial charge on any atom is -0.437 e. The molecule has 2 aromatic heterocycles. The number of benzene rings is 1. The number of pyridine rings is 1. The molecule has 5 heterocycles. The fraction of sp³-hybridized carbons (Fsp3) is 0.517. The minimum atomic E-state index is -0.464. The maximum absolute atomic E-state index is 14.7. The second-order valence-corrected chi connectivity index (χ2v) is 11.3. The van der Waals surface area contributed by atoms with Crippen molar-refractivity contribution < 1.29 is 18.9 Å². The van der Waals surface area contributed by atoms with Crippen molar-refractivity contribution in [3.8, 4) is 6.07 Å². The van der Waals surface area contributed by atoms with Gasteiger partial charge in [0, 0.05) is 64.6 Å². The van der Waals surface area contributed by atoms with Crippen LogP contribution in [0.1, 0.15) is 24.3 Å². The lowest BCUT2D eigenvalue weighted by molar-refractivity contribution is -0.0327. The van der Waals surface area contributed by atoms with E-state index < -0.39 is 12.9 Å². The van der Waals surface area contributed by atoms with E-state index >= 15 is 0 Å². The Morgan fingerprint density at radius 2 is 1.83 bits per heavy atom. The Morgan fingerprint density at radius 1 is 1.05 bits per heavy atom. The summed E-state index contributed by atoms with van der Waals surface area (Å²) in [6, 6.07) is 14.2. The second-order valence-electron chi connectivity index (χ2n) is 11.3. The zero-order valence-corrected chi connectivity index (χ0v) is 23.7. The molecule has 0 spiro atoms. The third-order valence-corrected chi connectivity index (χ3v) is 8.47. The van der Waals surface area contributed by atoms with E-state index in [4.69, 9.17) is 9.47 Å².